The van der Waals surface area contributed by atoms with E-state index in [1.165, 1.54) is 36.0 Å². The summed E-state index contributed by atoms with van der Waals surface area (Å²) in [6.45, 7) is -0.471. The summed E-state index contributed by atoms with van der Waals surface area (Å²) in [5.74, 6) is -0.993. The smallest absolute Gasteiger partial charge is 0.338 e. The number of carbonyl (C=O) groups excluding carboxylic acids is 3. The number of ether oxygens (including phenoxy) is 1. The minimum Gasteiger partial charge on any atom is -0.452 e. The normalized spacial score (nSPS) is 12.8. The molecule has 0 aromatic heterocycles. The molecule has 3 rings (SSSR count). The highest BCUT2D eigenvalue weighted by Crippen LogP contribution is 2.32. The number of hydrogen-bond acceptors (Lipinski definition) is 5. The van der Waals surface area contributed by atoms with Gasteiger partial charge in [-0.25, -0.2) is 4.79 Å². The molecule has 9 heteroatoms. The number of carbonyl (C=O) groups is 3. The summed E-state index contributed by atoms with van der Waals surface area (Å²) < 4.78 is 5.00. The number of amides is 2. The minimum absolute atomic E-state index is 0.132. The lowest BCUT2D eigenvalue weighted by Gasteiger charge is -2.16. The fourth-order valence-electron chi connectivity index (χ4n) is 2.25. The highest BCUT2D eigenvalue weighted by atomic mass is 35.5. The van der Waals surface area contributed by atoms with E-state index in [1.807, 2.05) is 0 Å². The van der Waals surface area contributed by atoms with E-state index in [2.05, 4.69) is 10.6 Å². The molecule has 26 heavy (non-hydrogen) atoms. The van der Waals surface area contributed by atoms with Crippen molar-refractivity contribution in [2.75, 3.05) is 23.0 Å². The third-order valence-electron chi connectivity index (χ3n) is 3.33. The van der Waals surface area contributed by atoms with Crippen molar-refractivity contribution in [3.05, 3.63) is 52.0 Å². The summed E-state index contributed by atoms with van der Waals surface area (Å²) in [7, 11) is 0. The van der Waals surface area contributed by atoms with Gasteiger partial charge in [0.15, 0.2) is 6.61 Å². The van der Waals surface area contributed by atoms with Gasteiger partial charge in [-0.15, -0.1) is 11.8 Å². The van der Waals surface area contributed by atoms with Gasteiger partial charge in [0.05, 0.1) is 17.0 Å². The van der Waals surface area contributed by atoms with Crippen molar-refractivity contribution in [1.82, 2.24) is 0 Å². The molecule has 0 fully saturated rings. The van der Waals surface area contributed by atoms with Gasteiger partial charge in [0, 0.05) is 20.6 Å². The topological polar surface area (TPSA) is 84.5 Å². The molecule has 1 aliphatic rings. The Morgan fingerprint density at radius 3 is 2.62 bits per heavy atom. The van der Waals surface area contributed by atoms with Gasteiger partial charge in [-0.1, -0.05) is 23.2 Å². The molecule has 0 saturated carbocycles. The maximum absolute atomic E-state index is 12.1. The first-order valence-electron chi connectivity index (χ1n) is 7.40. The van der Waals surface area contributed by atoms with Crippen LogP contribution in [0.2, 0.25) is 10.0 Å². The SMILES string of the molecule is O=C(COC(=O)c1ccc2c(c1)NC(=O)CS2)Nc1cc(Cl)cc(Cl)c1. The summed E-state index contributed by atoms with van der Waals surface area (Å²) in [6.07, 6.45) is 0. The van der Waals surface area contributed by atoms with Crippen LogP contribution in [0, 0.1) is 0 Å². The molecular weight excluding hydrogens is 399 g/mol. The number of benzene rings is 2. The minimum atomic E-state index is -0.670. The van der Waals surface area contributed by atoms with Crippen LogP contribution in [-0.4, -0.2) is 30.1 Å². The summed E-state index contributed by atoms with van der Waals surface area (Å²) in [6, 6.07) is 9.42. The fraction of sp³-hybridized carbons (Fsp3) is 0.118. The van der Waals surface area contributed by atoms with Crippen LogP contribution >= 0.6 is 35.0 Å². The van der Waals surface area contributed by atoms with Gasteiger partial charge in [-0.2, -0.15) is 0 Å². The van der Waals surface area contributed by atoms with Crippen LogP contribution in [0.3, 0.4) is 0 Å². The van der Waals surface area contributed by atoms with Crippen LogP contribution in [0.5, 0.6) is 0 Å². The Bertz CT molecular complexity index is 884. The van der Waals surface area contributed by atoms with Crippen molar-refractivity contribution in [3.63, 3.8) is 0 Å². The number of esters is 1. The second-order valence-corrected chi connectivity index (χ2v) is 7.22. The average molecular weight is 411 g/mol. The van der Waals surface area contributed by atoms with E-state index in [0.29, 0.717) is 27.2 Å². The zero-order chi connectivity index (χ0) is 18.7. The van der Waals surface area contributed by atoms with Crippen LogP contribution in [0.1, 0.15) is 10.4 Å². The quantitative estimate of drug-likeness (QED) is 0.748. The Labute approximate surface area is 163 Å². The van der Waals surface area contributed by atoms with E-state index in [1.54, 1.807) is 12.1 Å². The van der Waals surface area contributed by atoms with E-state index >= 15 is 0 Å². The molecule has 0 saturated heterocycles. The number of nitrogens with one attached hydrogen (secondary N) is 2. The van der Waals surface area contributed by atoms with Crippen LogP contribution < -0.4 is 10.6 Å². The monoisotopic (exact) mass is 410 g/mol. The van der Waals surface area contributed by atoms with E-state index in [-0.39, 0.29) is 11.5 Å². The molecule has 0 radical (unpaired) electrons. The lowest BCUT2D eigenvalue weighted by atomic mass is 10.2. The predicted octanol–water partition coefficient (Wildman–Crippen LogP) is 3.83. The molecule has 0 aliphatic carbocycles. The first kappa shape index (κ1) is 18.6. The number of thioether (sulfide) groups is 1. The summed E-state index contributed by atoms with van der Waals surface area (Å²) >= 11 is 13.1. The third-order valence-corrected chi connectivity index (χ3v) is 4.84. The third kappa shape index (κ3) is 4.69. The maximum Gasteiger partial charge on any atom is 0.338 e. The number of halogens is 2. The predicted molar refractivity (Wildman–Crippen MR) is 101 cm³/mol. The molecule has 0 bridgehead atoms. The molecule has 6 nitrogen and oxygen atoms in total. The van der Waals surface area contributed by atoms with Gasteiger partial charge in [0.25, 0.3) is 5.91 Å². The molecule has 2 amide bonds. The largest absolute Gasteiger partial charge is 0.452 e. The van der Waals surface area contributed by atoms with Crippen molar-refractivity contribution in [2.24, 2.45) is 0 Å². The first-order chi connectivity index (χ1) is 12.4. The second-order valence-electron chi connectivity index (χ2n) is 5.33. The van der Waals surface area contributed by atoms with Crippen molar-refractivity contribution >= 4 is 64.1 Å². The molecule has 2 aromatic rings. The molecule has 2 N–H and O–H groups in total. The van der Waals surface area contributed by atoms with Gasteiger partial charge in [-0.05, 0) is 36.4 Å². The Kier molecular flexibility index (Phi) is 5.70. The Hall–Kier alpha value is -2.22. The molecule has 2 aromatic carbocycles. The number of fused-ring (bicyclic) bond motifs is 1. The zero-order valence-electron chi connectivity index (χ0n) is 13.2. The number of anilines is 2. The summed E-state index contributed by atoms with van der Waals surface area (Å²) in [5.41, 5.74) is 1.20. The number of hydrogen-bond donors (Lipinski definition) is 2. The van der Waals surface area contributed by atoms with Crippen molar-refractivity contribution in [3.8, 4) is 0 Å². The highest BCUT2D eigenvalue weighted by Gasteiger charge is 2.18. The molecule has 0 atom stereocenters. The lowest BCUT2D eigenvalue weighted by molar-refractivity contribution is -0.119. The second kappa shape index (κ2) is 7.99. The van der Waals surface area contributed by atoms with Crippen LogP contribution in [0.4, 0.5) is 11.4 Å². The van der Waals surface area contributed by atoms with Crippen molar-refractivity contribution in [2.45, 2.75) is 4.90 Å². The van der Waals surface area contributed by atoms with Gasteiger partial charge >= 0.3 is 5.97 Å². The van der Waals surface area contributed by atoms with Crippen LogP contribution in [0.25, 0.3) is 0 Å². The zero-order valence-corrected chi connectivity index (χ0v) is 15.5. The maximum atomic E-state index is 12.1. The van der Waals surface area contributed by atoms with Crippen molar-refractivity contribution < 1.29 is 19.1 Å². The van der Waals surface area contributed by atoms with E-state index in [9.17, 15) is 14.4 Å². The molecule has 0 unspecified atom stereocenters. The Balaban J connectivity index is 1.59. The van der Waals surface area contributed by atoms with Gasteiger partial charge in [0.2, 0.25) is 5.91 Å². The van der Waals surface area contributed by atoms with Crippen LogP contribution in [0.15, 0.2) is 41.3 Å². The van der Waals surface area contributed by atoms with Gasteiger partial charge in [0.1, 0.15) is 0 Å². The van der Waals surface area contributed by atoms with E-state index in [4.69, 9.17) is 27.9 Å². The molecule has 1 aliphatic heterocycles. The van der Waals surface area contributed by atoms with Crippen molar-refractivity contribution in [1.29, 1.82) is 0 Å². The Morgan fingerprint density at radius 1 is 1.15 bits per heavy atom. The highest BCUT2D eigenvalue weighted by molar-refractivity contribution is 8.00. The average Bonchev–Trinajstić information content (AvgIpc) is 2.58. The fourth-order valence-corrected chi connectivity index (χ4v) is 3.56. The summed E-state index contributed by atoms with van der Waals surface area (Å²) in [4.78, 5) is 36.3. The van der Waals surface area contributed by atoms with E-state index < -0.39 is 18.5 Å². The Morgan fingerprint density at radius 2 is 1.88 bits per heavy atom. The van der Waals surface area contributed by atoms with Gasteiger partial charge < -0.3 is 15.4 Å². The van der Waals surface area contributed by atoms with Gasteiger partial charge in [-0.3, -0.25) is 9.59 Å². The molecule has 1 heterocycles. The lowest BCUT2D eigenvalue weighted by Crippen LogP contribution is -2.22. The van der Waals surface area contributed by atoms with Crippen LogP contribution in [-0.2, 0) is 14.3 Å². The number of rotatable bonds is 4. The molecule has 0 spiro atoms. The standard InChI is InChI=1S/C17H12Cl2N2O4S/c18-10-4-11(19)6-12(5-10)20-15(22)7-25-17(24)9-1-2-14-13(3-9)21-16(23)8-26-14/h1-6H,7-8H2,(H,20,22)(H,21,23). The summed E-state index contributed by atoms with van der Waals surface area (Å²) in [5, 5.41) is 5.98. The molecular formula is C17H12Cl2N2O4S. The molecule has 134 valence electrons. The van der Waals surface area contributed by atoms with E-state index in [0.717, 1.165) is 4.90 Å². The first-order valence-corrected chi connectivity index (χ1v) is 9.14.